The molecule has 1 aromatic rings. The summed E-state index contributed by atoms with van der Waals surface area (Å²) in [6, 6.07) is 1.58. The van der Waals surface area contributed by atoms with E-state index >= 15 is 0 Å². The van der Waals surface area contributed by atoms with Crippen molar-refractivity contribution in [2.24, 2.45) is 52.3 Å². The molecule has 0 spiro atoms. The average molecular weight is 482 g/mol. The molecule has 4 nitrogen and oxygen atoms in total. The van der Waals surface area contributed by atoms with E-state index < -0.39 is 5.97 Å². The van der Waals surface area contributed by atoms with E-state index in [1.807, 2.05) is 0 Å². The van der Waals surface area contributed by atoms with E-state index in [0.717, 1.165) is 41.9 Å². The zero-order valence-electron chi connectivity index (χ0n) is 22.5. The molecular weight excluding hydrogens is 434 g/mol. The van der Waals surface area contributed by atoms with Crippen LogP contribution in [0, 0.1) is 52.3 Å². The molecule has 4 heteroatoms. The number of nitrogens with zero attached hydrogens (tertiary/aromatic N) is 1. The normalized spacial score (nSPS) is 41.4. The molecule has 9 atom stereocenters. The van der Waals surface area contributed by atoms with Crippen LogP contribution < -0.4 is 4.74 Å². The van der Waals surface area contributed by atoms with Crippen LogP contribution in [0.3, 0.4) is 0 Å². The van der Waals surface area contributed by atoms with Crippen LogP contribution in [0.25, 0.3) is 0 Å². The smallest absolute Gasteiger partial charge is 0.337 e. The lowest BCUT2D eigenvalue weighted by Gasteiger charge is -2.63. The number of pyridine rings is 1. The van der Waals surface area contributed by atoms with Gasteiger partial charge in [-0.1, -0.05) is 47.0 Å². The van der Waals surface area contributed by atoms with Crippen LogP contribution >= 0.6 is 0 Å². The summed E-state index contributed by atoms with van der Waals surface area (Å²) in [6.45, 7) is 10.9. The van der Waals surface area contributed by atoms with Crippen LogP contribution in [0.15, 0.2) is 18.5 Å². The molecule has 0 amide bonds. The summed E-state index contributed by atoms with van der Waals surface area (Å²) in [4.78, 5) is 15.2. The lowest BCUT2D eigenvalue weighted by Crippen LogP contribution is -2.55. The van der Waals surface area contributed by atoms with Crippen LogP contribution in [0.1, 0.15) is 109 Å². The third-order valence-corrected chi connectivity index (χ3v) is 11.8. The van der Waals surface area contributed by atoms with Gasteiger partial charge in [-0.15, -0.1) is 0 Å². The Morgan fingerprint density at radius 3 is 2.66 bits per heavy atom. The molecule has 4 aliphatic carbocycles. The van der Waals surface area contributed by atoms with Gasteiger partial charge in [0.2, 0.25) is 0 Å². The monoisotopic (exact) mass is 481 g/mol. The third kappa shape index (κ3) is 4.31. The predicted octanol–water partition coefficient (Wildman–Crippen LogP) is 7.87. The maximum atomic E-state index is 11.2. The summed E-state index contributed by atoms with van der Waals surface area (Å²) in [7, 11) is 0. The minimum atomic E-state index is -0.960. The van der Waals surface area contributed by atoms with Crippen molar-refractivity contribution < 1.29 is 14.6 Å². The quantitative estimate of drug-likeness (QED) is 0.430. The molecule has 1 aromatic heterocycles. The second-order valence-electron chi connectivity index (χ2n) is 13.2. The van der Waals surface area contributed by atoms with E-state index in [1.165, 1.54) is 70.4 Å². The molecule has 0 saturated heterocycles. The van der Waals surface area contributed by atoms with Gasteiger partial charge in [0, 0.05) is 6.20 Å². The molecule has 2 unspecified atom stereocenters. The first-order valence-corrected chi connectivity index (χ1v) is 14.6. The molecule has 35 heavy (non-hydrogen) atoms. The van der Waals surface area contributed by atoms with Crippen LogP contribution in [0.5, 0.6) is 5.75 Å². The first-order chi connectivity index (χ1) is 16.8. The number of carboxylic acids is 1. The van der Waals surface area contributed by atoms with Crippen molar-refractivity contribution in [3.05, 3.63) is 24.0 Å². The highest BCUT2D eigenvalue weighted by Crippen LogP contribution is 2.69. The van der Waals surface area contributed by atoms with Crippen molar-refractivity contribution in [1.82, 2.24) is 4.98 Å². The Morgan fingerprint density at radius 1 is 1.09 bits per heavy atom. The van der Waals surface area contributed by atoms with Crippen molar-refractivity contribution in [2.75, 3.05) is 6.61 Å². The van der Waals surface area contributed by atoms with E-state index in [2.05, 4.69) is 32.7 Å². The van der Waals surface area contributed by atoms with E-state index in [9.17, 15) is 9.90 Å². The summed E-state index contributed by atoms with van der Waals surface area (Å²) in [6.07, 6.45) is 18.5. The van der Waals surface area contributed by atoms with E-state index in [1.54, 1.807) is 12.3 Å². The molecule has 5 rings (SSSR count). The van der Waals surface area contributed by atoms with Gasteiger partial charge in [-0.25, -0.2) is 4.79 Å². The zero-order chi connectivity index (χ0) is 24.8. The molecule has 0 aromatic carbocycles. The van der Waals surface area contributed by atoms with Crippen LogP contribution in [0.4, 0.5) is 0 Å². The largest absolute Gasteiger partial charge is 0.492 e. The average Bonchev–Trinajstić information content (AvgIpc) is 3.20. The fraction of sp³-hybridized carbons (Fsp3) is 0.806. The number of rotatable bonds is 7. The molecule has 0 radical (unpaired) electrons. The van der Waals surface area contributed by atoms with E-state index in [0.29, 0.717) is 29.1 Å². The number of carboxylic acid groups (broad SMARTS) is 1. The first-order valence-electron chi connectivity index (χ1n) is 14.6. The highest BCUT2D eigenvalue weighted by molar-refractivity contribution is 5.87. The second-order valence-corrected chi connectivity index (χ2v) is 13.2. The summed E-state index contributed by atoms with van der Waals surface area (Å²) in [5.41, 5.74) is 1.26. The van der Waals surface area contributed by atoms with Crippen molar-refractivity contribution in [3.63, 3.8) is 0 Å². The van der Waals surface area contributed by atoms with Gasteiger partial charge in [-0.3, -0.25) is 4.98 Å². The predicted molar refractivity (Wildman–Crippen MR) is 139 cm³/mol. The molecule has 1 heterocycles. The Kier molecular flexibility index (Phi) is 6.96. The lowest BCUT2D eigenvalue weighted by atomic mass is 9.42. The molecule has 4 saturated carbocycles. The van der Waals surface area contributed by atoms with Crippen molar-refractivity contribution in [1.29, 1.82) is 0 Å². The van der Waals surface area contributed by atoms with E-state index in [4.69, 9.17) is 4.74 Å². The van der Waals surface area contributed by atoms with Crippen molar-refractivity contribution in [3.8, 4) is 5.75 Å². The Morgan fingerprint density at radius 2 is 1.89 bits per heavy atom. The summed E-state index contributed by atoms with van der Waals surface area (Å²) >= 11 is 0. The summed E-state index contributed by atoms with van der Waals surface area (Å²) in [5.74, 6) is 5.74. The molecule has 194 valence electrons. The molecule has 1 N–H and O–H groups in total. The fourth-order valence-corrected chi connectivity index (χ4v) is 10.2. The maximum absolute atomic E-state index is 11.2. The molecule has 4 aliphatic rings. The molecular formula is C31H47NO3. The number of hydrogen-bond donors (Lipinski definition) is 1. The SMILES string of the molecule is CC[C@H]1C[C@H]2C3CC[C@H]([C@H](C)CCOc4cncc(C(=O)O)c4)[C@@]3(C)CCC2[C@@]2(C)CCCC[C@@H]12. The van der Waals surface area contributed by atoms with Gasteiger partial charge in [-0.05, 0) is 110 Å². The molecule has 4 fully saturated rings. The Balaban J connectivity index is 1.25. The maximum Gasteiger partial charge on any atom is 0.337 e. The van der Waals surface area contributed by atoms with Gasteiger partial charge in [0.05, 0.1) is 18.4 Å². The van der Waals surface area contributed by atoms with Crippen molar-refractivity contribution >= 4 is 5.97 Å². The minimum absolute atomic E-state index is 0.185. The lowest BCUT2D eigenvalue weighted by molar-refractivity contribution is -0.138. The molecule has 0 bridgehead atoms. The van der Waals surface area contributed by atoms with Gasteiger partial charge >= 0.3 is 5.97 Å². The van der Waals surface area contributed by atoms with Gasteiger partial charge in [-0.2, -0.15) is 0 Å². The number of carbonyl (C=O) groups is 1. The van der Waals surface area contributed by atoms with Crippen LogP contribution in [0.2, 0.25) is 0 Å². The number of aromatic carboxylic acids is 1. The second kappa shape index (κ2) is 9.71. The van der Waals surface area contributed by atoms with Gasteiger partial charge < -0.3 is 9.84 Å². The van der Waals surface area contributed by atoms with Gasteiger partial charge in [0.1, 0.15) is 5.75 Å². The third-order valence-electron chi connectivity index (χ3n) is 11.8. The van der Waals surface area contributed by atoms with E-state index in [-0.39, 0.29) is 5.56 Å². The minimum Gasteiger partial charge on any atom is -0.492 e. The number of aromatic nitrogens is 1. The van der Waals surface area contributed by atoms with Crippen LogP contribution in [-0.4, -0.2) is 22.7 Å². The molecule has 0 aliphatic heterocycles. The first kappa shape index (κ1) is 25.1. The van der Waals surface area contributed by atoms with Gasteiger partial charge in [0.25, 0.3) is 0 Å². The Hall–Kier alpha value is -1.58. The highest BCUT2D eigenvalue weighted by Gasteiger charge is 2.61. The van der Waals surface area contributed by atoms with Gasteiger partial charge in [0.15, 0.2) is 0 Å². The Bertz CT molecular complexity index is 916. The fourth-order valence-electron chi connectivity index (χ4n) is 10.2. The summed E-state index contributed by atoms with van der Waals surface area (Å²) in [5, 5.41) is 9.20. The Labute approximate surface area is 212 Å². The van der Waals surface area contributed by atoms with Crippen LogP contribution in [-0.2, 0) is 0 Å². The number of ether oxygens (including phenoxy) is 1. The summed E-state index contributed by atoms with van der Waals surface area (Å²) < 4.78 is 5.96. The number of fused-ring (bicyclic) bond motifs is 5. The number of hydrogen-bond acceptors (Lipinski definition) is 3. The zero-order valence-corrected chi connectivity index (χ0v) is 22.5. The highest BCUT2D eigenvalue weighted by atomic mass is 16.5. The standard InChI is InChI=1S/C31H47NO3/c1-5-21-17-24-27-10-9-25(20(2)12-15-35-23-16-22(29(33)34)18-32-19-23)31(27,4)14-11-28(24)30(3)13-7-6-8-26(21)30/h16,18-21,24-28H,5-15,17H2,1-4H3,(H,33,34)/t20-,21+,24+,25-,26+,27?,28?,30+,31-/m1/s1. The van der Waals surface area contributed by atoms with Crippen molar-refractivity contribution in [2.45, 2.75) is 98.3 Å². The topological polar surface area (TPSA) is 59.4 Å².